The van der Waals surface area contributed by atoms with Crippen LogP contribution in [0.2, 0.25) is 0 Å². The normalized spacial score (nSPS) is 11.5. The van der Waals surface area contributed by atoms with Gasteiger partial charge in [0.1, 0.15) is 5.69 Å². The fourth-order valence-corrected chi connectivity index (χ4v) is 4.44. The van der Waals surface area contributed by atoms with E-state index in [-0.39, 0.29) is 0 Å². The van der Waals surface area contributed by atoms with Gasteiger partial charge in [-0.05, 0) is 52.2 Å². The molecule has 7 heteroatoms. The lowest BCUT2D eigenvalue weighted by molar-refractivity contribution is 1.11. The standard InChI is InChI=1S/C23H16N6S/c24-16-8-15(10-25-11-16)13-4-5-19-18(9-13)22(29-28-19)23-26-20-3-1-2-17(21(20)27-23)14-6-7-30-12-14/h1-12H,24H2,(H,26,27)(H,28,29). The Kier molecular flexibility index (Phi) is 3.69. The van der Waals surface area contributed by atoms with Crippen molar-refractivity contribution in [3.8, 4) is 33.8 Å². The third-order valence-corrected chi connectivity index (χ3v) is 5.91. The molecule has 2 aromatic carbocycles. The predicted molar refractivity (Wildman–Crippen MR) is 122 cm³/mol. The quantitative estimate of drug-likeness (QED) is 0.361. The van der Waals surface area contributed by atoms with Crippen LogP contribution in [0.5, 0.6) is 0 Å². The van der Waals surface area contributed by atoms with Gasteiger partial charge < -0.3 is 10.7 Å². The average molecular weight is 408 g/mol. The summed E-state index contributed by atoms with van der Waals surface area (Å²) in [6.45, 7) is 0. The molecule has 0 fully saturated rings. The number of H-pyrrole nitrogens is 2. The van der Waals surface area contributed by atoms with Crippen LogP contribution in [0.25, 0.3) is 55.7 Å². The number of nitrogens with two attached hydrogens (primary N) is 1. The molecule has 0 saturated heterocycles. The highest BCUT2D eigenvalue weighted by Crippen LogP contribution is 2.33. The molecule has 0 radical (unpaired) electrons. The second kappa shape index (κ2) is 6.53. The third-order valence-electron chi connectivity index (χ3n) is 5.22. The number of fused-ring (bicyclic) bond motifs is 2. The SMILES string of the molecule is Nc1cncc(-c2ccc3[nH]nc(-c4nc5c(-c6ccsc6)cccc5[nH]4)c3c2)c1. The number of aromatic nitrogens is 5. The average Bonchev–Trinajstić information content (AvgIpc) is 3.51. The molecule has 30 heavy (non-hydrogen) atoms. The van der Waals surface area contributed by atoms with E-state index in [1.54, 1.807) is 17.5 Å². The van der Waals surface area contributed by atoms with Gasteiger partial charge in [0.15, 0.2) is 5.82 Å². The minimum absolute atomic E-state index is 0.637. The Hall–Kier alpha value is -3.97. The fraction of sp³-hybridized carbons (Fsp3) is 0. The number of nitrogen functional groups attached to an aromatic ring is 1. The molecule has 6 aromatic rings. The summed E-state index contributed by atoms with van der Waals surface area (Å²) in [7, 11) is 0. The first-order valence-electron chi connectivity index (χ1n) is 9.47. The fourth-order valence-electron chi connectivity index (χ4n) is 3.78. The van der Waals surface area contributed by atoms with E-state index in [1.165, 1.54) is 5.56 Å². The van der Waals surface area contributed by atoms with Crippen LogP contribution in [0.4, 0.5) is 5.69 Å². The van der Waals surface area contributed by atoms with E-state index in [4.69, 9.17) is 10.7 Å². The minimum atomic E-state index is 0.637. The van der Waals surface area contributed by atoms with Crippen LogP contribution in [0, 0.1) is 0 Å². The van der Waals surface area contributed by atoms with Crippen LogP contribution in [-0.4, -0.2) is 25.1 Å². The maximum absolute atomic E-state index is 5.91. The summed E-state index contributed by atoms with van der Waals surface area (Å²) in [4.78, 5) is 12.6. The lowest BCUT2D eigenvalue weighted by Gasteiger charge is -2.03. The van der Waals surface area contributed by atoms with Crippen LogP contribution in [0.3, 0.4) is 0 Å². The highest BCUT2D eigenvalue weighted by Gasteiger charge is 2.16. The zero-order chi connectivity index (χ0) is 20.1. The maximum Gasteiger partial charge on any atom is 0.159 e. The topological polar surface area (TPSA) is 96.3 Å². The zero-order valence-electron chi connectivity index (χ0n) is 15.8. The van der Waals surface area contributed by atoms with Crippen molar-refractivity contribution in [2.24, 2.45) is 0 Å². The molecule has 0 unspecified atom stereocenters. The molecule has 0 aliphatic heterocycles. The number of nitrogens with zero attached hydrogens (tertiary/aromatic N) is 3. The Bertz CT molecular complexity index is 1510. The molecule has 0 aliphatic rings. The van der Waals surface area contributed by atoms with Crippen molar-refractivity contribution in [1.82, 2.24) is 25.1 Å². The molecule has 0 atom stereocenters. The summed E-state index contributed by atoms with van der Waals surface area (Å²) < 4.78 is 0. The van der Waals surface area contributed by atoms with Crippen molar-refractivity contribution in [3.05, 3.63) is 71.7 Å². The smallest absolute Gasteiger partial charge is 0.159 e. The maximum atomic E-state index is 5.91. The first-order chi connectivity index (χ1) is 14.8. The number of hydrogen-bond acceptors (Lipinski definition) is 5. The molecule has 4 heterocycles. The molecule has 0 bridgehead atoms. The molecule has 4 aromatic heterocycles. The molecule has 0 amide bonds. The van der Waals surface area contributed by atoms with E-state index in [2.05, 4.69) is 49.1 Å². The number of nitrogens with one attached hydrogen (secondary N) is 2. The number of imidazole rings is 1. The van der Waals surface area contributed by atoms with Crippen molar-refractivity contribution >= 4 is 39.0 Å². The first-order valence-corrected chi connectivity index (χ1v) is 10.4. The molecule has 6 rings (SSSR count). The van der Waals surface area contributed by atoms with E-state index in [9.17, 15) is 0 Å². The van der Waals surface area contributed by atoms with Crippen LogP contribution < -0.4 is 5.73 Å². The van der Waals surface area contributed by atoms with Gasteiger partial charge in [0.05, 0.1) is 22.2 Å². The lowest BCUT2D eigenvalue weighted by atomic mass is 10.0. The van der Waals surface area contributed by atoms with Gasteiger partial charge in [-0.3, -0.25) is 10.1 Å². The number of aromatic amines is 2. The van der Waals surface area contributed by atoms with Crippen LogP contribution >= 0.6 is 11.3 Å². The number of hydrogen-bond donors (Lipinski definition) is 3. The summed E-state index contributed by atoms with van der Waals surface area (Å²) in [5, 5.41) is 12.9. The van der Waals surface area contributed by atoms with Crippen molar-refractivity contribution in [2.75, 3.05) is 5.73 Å². The molecule has 0 aliphatic carbocycles. The van der Waals surface area contributed by atoms with Gasteiger partial charge >= 0.3 is 0 Å². The molecule has 0 spiro atoms. The van der Waals surface area contributed by atoms with Gasteiger partial charge in [0, 0.05) is 28.9 Å². The highest BCUT2D eigenvalue weighted by atomic mass is 32.1. The second-order valence-electron chi connectivity index (χ2n) is 7.14. The summed E-state index contributed by atoms with van der Waals surface area (Å²) in [6, 6.07) is 16.4. The van der Waals surface area contributed by atoms with E-state index in [1.807, 2.05) is 36.5 Å². The molecular weight excluding hydrogens is 392 g/mol. The lowest BCUT2D eigenvalue weighted by Crippen LogP contribution is -1.88. The Morgan fingerprint density at radius 3 is 2.73 bits per heavy atom. The summed E-state index contributed by atoms with van der Waals surface area (Å²) in [5.41, 5.74) is 14.5. The van der Waals surface area contributed by atoms with Crippen LogP contribution in [-0.2, 0) is 0 Å². The van der Waals surface area contributed by atoms with Crippen molar-refractivity contribution < 1.29 is 0 Å². The Labute approximate surface area is 175 Å². The summed E-state index contributed by atoms with van der Waals surface area (Å²) in [6.07, 6.45) is 3.45. The summed E-state index contributed by atoms with van der Waals surface area (Å²) in [5.74, 6) is 0.738. The number of pyridine rings is 1. The van der Waals surface area contributed by atoms with Crippen molar-refractivity contribution in [1.29, 1.82) is 0 Å². The van der Waals surface area contributed by atoms with Gasteiger partial charge in [0.25, 0.3) is 0 Å². The van der Waals surface area contributed by atoms with E-state index >= 15 is 0 Å². The van der Waals surface area contributed by atoms with E-state index in [0.29, 0.717) is 5.69 Å². The predicted octanol–water partition coefficient (Wildman–Crippen LogP) is 5.48. The van der Waals surface area contributed by atoms with E-state index < -0.39 is 0 Å². The molecular formula is C23H16N6S. The molecule has 4 N–H and O–H groups in total. The molecule has 0 saturated carbocycles. The Morgan fingerprint density at radius 1 is 0.900 bits per heavy atom. The van der Waals surface area contributed by atoms with Crippen molar-refractivity contribution in [2.45, 2.75) is 0 Å². The first kappa shape index (κ1) is 16.9. The van der Waals surface area contributed by atoms with Crippen LogP contribution in [0.15, 0.2) is 71.7 Å². The van der Waals surface area contributed by atoms with Crippen molar-refractivity contribution in [3.63, 3.8) is 0 Å². The number of thiophene rings is 1. The number of para-hydroxylation sites is 1. The van der Waals surface area contributed by atoms with Gasteiger partial charge in [0.2, 0.25) is 0 Å². The third kappa shape index (κ3) is 2.67. The van der Waals surface area contributed by atoms with Crippen LogP contribution in [0.1, 0.15) is 0 Å². The Balaban J connectivity index is 1.52. The van der Waals surface area contributed by atoms with E-state index in [0.717, 1.165) is 50.1 Å². The molecule has 144 valence electrons. The number of rotatable bonds is 3. The summed E-state index contributed by atoms with van der Waals surface area (Å²) >= 11 is 1.68. The van der Waals surface area contributed by atoms with Gasteiger partial charge in [-0.25, -0.2) is 4.98 Å². The van der Waals surface area contributed by atoms with Gasteiger partial charge in [-0.1, -0.05) is 18.2 Å². The monoisotopic (exact) mass is 408 g/mol. The minimum Gasteiger partial charge on any atom is -0.397 e. The second-order valence-corrected chi connectivity index (χ2v) is 7.92. The molecule has 6 nitrogen and oxygen atoms in total. The number of benzene rings is 2. The number of anilines is 1. The Morgan fingerprint density at radius 2 is 1.87 bits per heavy atom. The van der Waals surface area contributed by atoms with Gasteiger partial charge in [-0.15, -0.1) is 0 Å². The zero-order valence-corrected chi connectivity index (χ0v) is 16.6. The van der Waals surface area contributed by atoms with Gasteiger partial charge in [-0.2, -0.15) is 16.4 Å². The highest BCUT2D eigenvalue weighted by molar-refractivity contribution is 7.08. The largest absolute Gasteiger partial charge is 0.397 e.